The molecule has 0 bridgehead atoms. The molecule has 0 saturated heterocycles. The third kappa shape index (κ3) is 5.46. The van der Waals surface area contributed by atoms with Crippen molar-refractivity contribution in [1.82, 2.24) is 5.32 Å². The molecule has 21 heavy (non-hydrogen) atoms. The summed E-state index contributed by atoms with van der Waals surface area (Å²) >= 11 is 8.74. The van der Waals surface area contributed by atoms with Crippen molar-refractivity contribution in [2.75, 3.05) is 6.54 Å². The van der Waals surface area contributed by atoms with E-state index in [1.54, 1.807) is 0 Å². The van der Waals surface area contributed by atoms with Crippen LogP contribution >= 0.6 is 27.5 Å². The molecular weight excluding hydrogens is 401 g/mol. The van der Waals surface area contributed by atoms with Crippen molar-refractivity contribution in [1.29, 1.82) is 0 Å². The Kier molecular flexibility index (Phi) is 5.64. The van der Waals surface area contributed by atoms with E-state index in [4.69, 9.17) is 16.7 Å². The van der Waals surface area contributed by atoms with E-state index in [9.17, 15) is 26.4 Å². The molecule has 0 atom stereocenters. The Labute approximate surface area is 131 Å². The number of hydrogen-bond donors (Lipinski definition) is 2. The molecule has 0 spiro atoms. The number of sulfonamides is 1. The van der Waals surface area contributed by atoms with E-state index in [0.29, 0.717) is 0 Å². The van der Waals surface area contributed by atoms with Crippen molar-refractivity contribution in [3.63, 3.8) is 0 Å². The molecule has 1 aromatic carbocycles. The van der Waals surface area contributed by atoms with E-state index < -0.39 is 45.0 Å². The fraction of sp³-hybridized carbons (Fsp3) is 0.300. The van der Waals surface area contributed by atoms with Crippen LogP contribution < -0.4 is 10.5 Å². The smallest absolute Gasteiger partial charge is 0.352 e. The summed E-state index contributed by atoms with van der Waals surface area (Å²) < 4.78 is 58.8. The summed E-state index contributed by atoms with van der Waals surface area (Å²) in [5.74, 6) is -0.935. The van der Waals surface area contributed by atoms with Gasteiger partial charge in [0.15, 0.2) is 0 Å². The molecule has 0 aliphatic rings. The van der Waals surface area contributed by atoms with Crippen LogP contribution in [0.3, 0.4) is 0 Å². The first-order valence-electron chi connectivity index (χ1n) is 5.28. The zero-order valence-corrected chi connectivity index (χ0v) is 13.3. The van der Waals surface area contributed by atoms with E-state index in [2.05, 4.69) is 15.9 Å². The molecule has 118 valence electrons. The Bertz CT molecular complexity index is 664. The minimum Gasteiger partial charge on any atom is -0.352 e. The predicted molar refractivity (Wildman–Crippen MR) is 73.5 cm³/mol. The number of carbonyl (C=O) groups excluding carboxylic acids is 1. The fourth-order valence-corrected chi connectivity index (χ4v) is 3.13. The van der Waals surface area contributed by atoms with Crippen LogP contribution in [-0.4, -0.2) is 27.0 Å². The zero-order chi connectivity index (χ0) is 16.4. The van der Waals surface area contributed by atoms with Gasteiger partial charge < -0.3 is 5.32 Å². The maximum Gasteiger partial charge on any atom is 0.390 e. The quantitative estimate of drug-likeness (QED) is 0.800. The Morgan fingerprint density at radius 2 is 1.95 bits per heavy atom. The summed E-state index contributed by atoms with van der Waals surface area (Å²) in [4.78, 5) is 11.3. The van der Waals surface area contributed by atoms with Crippen LogP contribution in [0.4, 0.5) is 13.2 Å². The number of carbonyl (C=O) groups is 1. The molecule has 5 nitrogen and oxygen atoms in total. The van der Waals surface area contributed by atoms with E-state index in [1.807, 2.05) is 5.32 Å². The Morgan fingerprint density at radius 1 is 1.38 bits per heavy atom. The molecule has 0 unspecified atom stereocenters. The van der Waals surface area contributed by atoms with Gasteiger partial charge in [-0.2, -0.15) is 13.2 Å². The second-order valence-electron chi connectivity index (χ2n) is 3.93. The first kappa shape index (κ1) is 18.2. The summed E-state index contributed by atoms with van der Waals surface area (Å²) in [5, 5.41) is 6.49. The molecule has 3 N–H and O–H groups in total. The van der Waals surface area contributed by atoms with Crippen molar-refractivity contribution >= 4 is 43.5 Å². The zero-order valence-electron chi connectivity index (χ0n) is 10.2. The van der Waals surface area contributed by atoms with E-state index >= 15 is 0 Å². The summed E-state index contributed by atoms with van der Waals surface area (Å²) in [6.07, 6.45) is -5.63. The maximum absolute atomic E-state index is 12.0. The van der Waals surface area contributed by atoms with E-state index in [-0.39, 0.29) is 10.0 Å². The van der Waals surface area contributed by atoms with Crippen LogP contribution in [0.15, 0.2) is 21.5 Å². The molecule has 0 radical (unpaired) electrons. The van der Waals surface area contributed by atoms with Gasteiger partial charge in [-0.15, -0.1) is 0 Å². The van der Waals surface area contributed by atoms with Gasteiger partial charge in [0.2, 0.25) is 10.0 Å². The van der Waals surface area contributed by atoms with Crippen LogP contribution in [0, 0.1) is 0 Å². The van der Waals surface area contributed by atoms with Crippen LogP contribution in [0.25, 0.3) is 0 Å². The van der Waals surface area contributed by atoms with Gasteiger partial charge in [-0.3, -0.25) is 4.79 Å². The topological polar surface area (TPSA) is 89.3 Å². The second kappa shape index (κ2) is 6.51. The van der Waals surface area contributed by atoms with E-state index in [0.717, 1.165) is 6.07 Å². The van der Waals surface area contributed by atoms with Crippen LogP contribution in [-0.2, 0) is 10.0 Å². The summed E-state index contributed by atoms with van der Waals surface area (Å²) in [5.41, 5.74) is -0.294. The highest BCUT2D eigenvalue weighted by Crippen LogP contribution is 2.29. The molecule has 1 amide bonds. The van der Waals surface area contributed by atoms with Gasteiger partial charge in [-0.1, -0.05) is 27.5 Å². The number of hydrogen-bond acceptors (Lipinski definition) is 3. The lowest BCUT2D eigenvalue weighted by molar-refractivity contribution is -0.132. The molecule has 0 aliphatic heterocycles. The Balaban J connectivity index is 3.03. The number of halogens is 5. The average Bonchev–Trinajstić information content (AvgIpc) is 2.28. The minimum absolute atomic E-state index is 0.192. The lowest BCUT2D eigenvalue weighted by atomic mass is 10.2. The highest BCUT2D eigenvalue weighted by atomic mass is 79.9. The van der Waals surface area contributed by atoms with Crippen molar-refractivity contribution < 1.29 is 26.4 Å². The minimum atomic E-state index is -4.42. The number of nitrogens with one attached hydrogen (secondary N) is 1. The van der Waals surface area contributed by atoms with Crippen molar-refractivity contribution in [3.8, 4) is 0 Å². The molecule has 0 fully saturated rings. The molecule has 0 aromatic heterocycles. The largest absolute Gasteiger partial charge is 0.390 e. The van der Waals surface area contributed by atoms with Crippen LogP contribution in [0.1, 0.15) is 16.8 Å². The summed E-state index contributed by atoms with van der Waals surface area (Å²) in [7, 11) is -4.18. The lowest BCUT2D eigenvalue weighted by Gasteiger charge is -2.11. The number of primary sulfonamides is 1. The van der Waals surface area contributed by atoms with Gasteiger partial charge in [-0.05, 0) is 12.1 Å². The third-order valence-corrected chi connectivity index (χ3v) is 4.16. The number of rotatable bonds is 4. The highest BCUT2D eigenvalue weighted by molar-refractivity contribution is 9.10. The number of alkyl halides is 3. The maximum atomic E-state index is 12.0. The Morgan fingerprint density at radius 3 is 2.43 bits per heavy atom. The predicted octanol–water partition coefficient (Wildman–Crippen LogP) is 2.43. The van der Waals surface area contributed by atoms with Gasteiger partial charge in [-0.25, -0.2) is 13.6 Å². The second-order valence-corrected chi connectivity index (χ2v) is 6.76. The molecule has 1 rings (SSSR count). The van der Waals surface area contributed by atoms with E-state index in [1.165, 1.54) is 6.07 Å². The van der Waals surface area contributed by atoms with Gasteiger partial charge in [0.25, 0.3) is 5.91 Å². The van der Waals surface area contributed by atoms with Gasteiger partial charge in [0.1, 0.15) is 4.90 Å². The molecule has 0 aliphatic carbocycles. The molecular formula is C10H9BrClF3N2O3S. The van der Waals surface area contributed by atoms with Gasteiger partial charge >= 0.3 is 6.18 Å². The molecule has 0 saturated carbocycles. The molecule has 11 heteroatoms. The number of amides is 1. The van der Waals surface area contributed by atoms with Crippen LogP contribution in [0.2, 0.25) is 5.02 Å². The highest BCUT2D eigenvalue weighted by Gasteiger charge is 2.27. The van der Waals surface area contributed by atoms with Gasteiger partial charge in [0, 0.05) is 11.0 Å². The van der Waals surface area contributed by atoms with Crippen molar-refractivity contribution in [3.05, 3.63) is 27.2 Å². The van der Waals surface area contributed by atoms with Crippen molar-refractivity contribution in [2.24, 2.45) is 5.14 Å². The normalized spacial score (nSPS) is 12.3. The first-order chi connectivity index (χ1) is 9.42. The van der Waals surface area contributed by atoms with Gasteiger partial charge in [0.05, 0.1) is 17.0 Å². The average molecular weight is 410 g/mol. The summed E-state index contributed by atoms with van der Waals surface area (Å²) in [6.45, 7) is -0.657. The summed E-state index contributed by atoms with van der Waals surface area (Å²) in [6, 6.07) is 2.27. The Hall–Kier alpha value is -0.840. The molecule has 1 aromatic rings. The fourth-order valence-electron chi connectivity index (χ4n) is 1.35. The number of nitrogens with two attached hydrogens (primary N) is 1. The van der Waals surface area contributed by atoms with Crippen LogP contribution in [0.5, 0.6) is 0 Å². The SMILES string of the molecule is NS(=O)(=O)c1cc(Br)cc(C(=O)NCCC(F)(F)F)c1Cl. The standard InChI is InChI=1S/C10H9BrClF3N2O3S/c11-5-3-6(8(12)7(4-5)21(16,19)20)9(18)17-2-1-10(13,14)15/h3-4H,1-2H2,(H,17,18)(H2,16,19,20). The number of benzene rings is 1. The van der Waals surface area contributed by atoms with Crippen molar-refractivity contribution in [2.45, 2.75) is 17.5 Å². The molecule has 0 heterocycles. The third-order valence-electron chi connectivity index (χ3n) is 2.25. The lowest BCUT2D eigenvalue weighted by Crippen LogP contribution is -2.28. The monoisotopic (exact) mass is 408 g/mol. The first-order valence-corrected chi connectivity index (χ1v) is 8.00.